The van der Waals surface area contributed by atoms with Crippen LogP contribution in [0.2, 0.25) is 0 Å². The van der Waals surface area contributed by atoms with Crippen LogP contribution in [0.4, 0.5) is 4.39 Å². The van der Waals surface area contributed by atoms with Gasteiger partial charge in [0.2, 0.25) is 0 Å². The van der Waals surface area contributed by atoms with Crippen molar-refractivity contribution in [1.29, 1.82) is 0 Å². The van der Waals surface area contributed by atoms with Crippen molar-refractivity contribution in [1.82, 2.24) is 0 Å². The van der Waals surface area contributed by atoms with E-state index in [1.807, 2.05) is 85.8 Å². The maximum Gasteiger partial charge on any atom is 0.333 e. The molecule has 0 aromatic heterocycles. The smallest absolute Gasteiger partial charge is 0.333 e. The van der Waals surface area contributed by atoms with Crippen molar-refractivity contribution >= 4 is 5.97 Å². The van der Waals surface area contributed by atoms with Gasteiger partial charge in [0, 0.05) is 17.7 Å². The number of hydrogen-bond acceptors (Lipinski definition) is 3. The Morgan fingerprint density at radius 2 is 1.36 bits per heavy atom. The molecule has 4 aromatic rings. The standard InChI is InChI=1S/C32H29FO3/c1-21(2)32(35)36-20-29-18-27(13-10-25(29)16-17-34)24-8-11-26(12-9-24)30-15-14-28(19-31(30)33)23-6-4-22(3)5-7-23/h4-15,18-19,34H,1,16-17,20H2,2-3H3. The van der Waals surface area contributed by atoms with Gasteiger partial charge < -0.3 is 9.84 Å². The molecule has 0 amide bonds. The van der Waals surface area contributed by atoms with E-state index < -0.39 is 5.97 Å². The lowest BCUT2D eigenvalue weighted by Crippen LogP contribution is -2.07. The Morgan fingerprint density at radius 3 is 1.97 bits per heavy atom. The fourth-order valence-electron chi connectivity index (χ4n) is 4.09. The van der Waals surface area contributed by atoms with Crippen LogP contribution in [0.25, 0.3) is 33.4 Å². The topological polar surface area (TPSA) is 46.5 Å². The molecular formula is C32H29FO3. The van der Waals surface area contributed by atoms with Gasteiger partial charge in [0.1, 0.15) is 12.4 Å². The summed E-state index contributed by atoms with van der Waals surface area (Å²) in [7, 11) is 0. The molecule has 0 aliphatic rings. The van der Waals surface area contributed by atoms with Gasteiger partial charge in [0.05, 0.1) is 0 Å². The highest BCUT2D eigenvalue weighted by Gasteiger charge is 2.11. The van der Waals surface area contributed by atoms with Crippen molar-refractivity contribution in [3.8, 4) is 33.4 Å². The quantitative estimate of drug-likeness (QED) is 0.213. The summed E-state index contributed by atoms with van der Waals surface area (Å²) in [5.74, 6) is -0.717. The zero-order valence-electron chi connectivity index (χ0n) is 20.6. The van der Waals surface area contributed by atoms with E-state index in [2.05, 4.69) is 6.58 Å². The summed E-state index contributed by atoms with van der Waals surface area (Å²) in [6.45, 7) is 7.35. The molecule has 0 aliphatic carbocycles. The number of carbonyl (C=O) groups excluding carboxylic acids is 1. The number of halogens is 1. The van der Waals surface area contributed by atoms with E-state index in [1.54, 1.807) is 13.0 Å². The summed E-state index contributed by atoms with van der Waals surface area (Å²) < 4.78 is 20.4. The molecule has 4 heteroatoms. The summed E-state index contributed by atoms with van der Waals surface area (Å²) in [5, 5.41) is 9.40. The highest BCUT2D eigenvalue weighted by molar-refractivity contribution is 5.87. The molecule has 0 heterocycles. The fourth-order valence-corrected chi connectivity index (χ4v) is 4.09. The molecule has 0 saturated heterocycles. The molecule has 0 fully saturated rings. The van der Waals surface area contributed by atoms with Crippen LogP contribution in [0.5, 0.6) is 0 Å². The number of aryl methyl sites for hydroxylation is 1. The molecule has 4 aromatic carbocycles. The third kappa shape index (κ3) is 5.78. The molecule has 0 spiro atoms. The minimum absolute atomic E-state index is 0.00371. The molecule has 0 aliphatic heterocycles. The van der Waals surface area contributed by atoms with Crippen molar-refractivity contribution in [3.63, 3.8) is 0 Å². The molecule has 0 radical (unpaired) electrons. The number of benzene rings is 4. The Hall–Kier alpha value is -4.02. The van der Waals surface area contributed by atoms with Crippen molar-refractivity contribution in [2.45, 2.75) is 26.9 Å². The van der Waals surface area contributed by atoms with Crippen LogP contribution in [0.1, 0.15) is 23.6 Å². The molecule has 182 valence electrons. The van der Waals surface area contributed by atoms with Gasteiger partial charge in [-0.2, -0.15) is 0 Å². The van der Waals surface area contributed by atoms with Crippen LogP contribution in [0.3, 0.4) is 0 Å². The Balaban J connectivity index is 1.57. The Labute approximate surface area is 211 Å². The molecule has 36 heavy (non-hydrogen) atoms. The largest absolute Gasteiger partial charge is 0.457 e. The molecule has 4 rings (SSSR count). The average Bonchev–Trinajstić information content (AvgIpc) is 2.88. The van der Waals surface area contributed by atoms with Gasteiger partial charge >= 0.3 is 5.97 Å². The van der Waals surface area contributed by atoms with Crippen molar-refractivity contribution < 1.29 is 19.0 Å². The van der Waals surface area contributed by atoms with E-state index in [1.165, 1.54) is 5.56 Å². The molecule has 1 N–H and O–H groups in total. The summed E-state index contributed by atoms with van der Waals surface area (Å²) in [6.07, 6.45) is 0.469. The first-order valence-corrected chi connectivity index (χ1v) is 11.9. The number of aliphatic hydroxyl groups excluding tert-OH is 1. The summed E-state index contributed by atoms with van der Waals surface area (Å²) in [6, 6.07) is 27.0. The minimum Gasteiger partial charge on any atom is -0.457 e. The lowest BCUT2D eigenvalue weighted by molar-refractivity contribution is -0.140. The number of hydrogen-bond donors (Lipinski definition) is 1. The third-order valence-electron chi connectivity index (χ3n) is 6.18. The van der Waals surface area contributed by atoms with Crippen LogP contribution in [0, 0.1) is 12.7 Å². The first-order valence-electron chi connectivity index (χ1n) is 11.9. The summed E-state index contributed by atoms with van der Waals surface area (Å²) >= 11 is 0. The molecular weight excluding hydrogens is 451 g/mol. The second kappa shape index (κ2) is 11.1. The molecule has 0 unspecified atom stereocenters. The lowest BCUT2D eigenvalue weighted by atomic mass is 9.95. The van der Waals surface area contributed by atoms with Gasteiger partial charge in [-0.3, -0.25) is 0 Å². The Kier molecular flexibility index (Phi) is 7.77. The molecule has 0 atom stereocenters. The third-order valence-corrected chi connectivity index (χ3v) is 6.18. The lowest BCUT2D eigenvalue weighted by Gasteiger charge is -2.13. The first kappa shape index (κ1) is 25.1. The van der Waals surface area contributed by atoms with E-state index in [-0.39, 0.29) is 19.0 Å². The van der Waals surface area contributed by atoms with Crippen molar-refractivity contribution in [3.05, 3.63) is 120 Å². The summed E-state index contributed by atoms with van der Waals surface area (Å²) in [5.41, 5.74) is 8.32. The average molecular weight is 481 g/mol. The highest BCUT2D eigenvalue weighted by Crippen LogP contribution is 2.31. The predicted octanol–water partition coefficient (Wildman–Crippen LogP) is 7.29. The van der Waals surface area contributed by atoms with Crippen LogP contribution in [-0.4, -0.2) is 17.7 Å². The number of esters is 1. The predicted molar refractivity (Wildman–Crippen MR) is 143 cm³/mol. The van der Waals surface area contributed by atoms with Gasteiger partial charge in [-0.25, -0.2) is 9.18 Å². The van der Waals surface area contributed by atoms with Crippen LogP contribution < -0.4 is 0 Å². The van der Waals surface area contributed by atoms with Gasteiger partial charge in [0.25, 0.3) is 0 Å². The van der Waals surface area contributed by atoms with E-state index in [4.69, 9.17) is 4.74 Å². The van der Waals surface area contributed by atoms with Crippen LogP contribution >= 0.6 is 0 Å². The number of rotatable bonds is 8. The van der Waals surface area contributed by atoms with Gasteiger partial charge in [-0.1, -0.05) is 84.9 Å². The van der Waals surface area contributed by atoms with Gasteiger partial charge in [0.15, 0.2) is 0 Å². The highest BCUT2D eigenvalue weighted by atomic mass is 19.1. The Morgan fingerprint density at radius 1 is 0.806 bits per heavy atom. The Bertz CT molecular complexity index is 1390. The number of carbonyl (C=O) groups is 1. The molecule has 3 nitrogen and oxygen atoms in total. The molecule has 0 saturated carbocycles. The van der Waals surface area contributed by atoms with Crippen LogP contribution in [-0.2, 0) is 22.6 Å². The van der Waals surface area contributed by atoms with Crippen molar-refractivity contribution in [2.24, 2.45) is 0 Å². The first-order chi connectivity index (χ1) is 17.4. The number of aliphatic hydroxyl groups is 1. The van der Waals surface area contributed by atoms with Crippen molar-refractivity contribution in [2.75, 3.05) is 6.61 Å². The minimum atomic E-state index is -0.449. The zero-order valence-corrected chi connectivity index (χ0v) is 20.6. The van der Waals surface area contributed by atoms with E-state index in [0.717, 1.165) is 38.9 Å². The van der Waals surface area contributed by atoms with E-state index in [9.17, 15) is 9.90 Å². The normalized spacial score (nSPS) is 10.8. The maximum absolute atomic E-state index is 15.0. The fraction of sp³-hybridized carbons (Fsp3) is 0.156. The maximum atomic E-state index is 15.0. The summed E-state index contributed by atoms with van der Waals surface area (Å²) in [4.78, 5) is 11.9. The molecule has 0 bridgehead atoms. The van der Waals surface area contributed by atoms with Gasteiger partial charge in [-0.05, 0) is 71.3 Å². The van der Waals surface area contributed by atoms with E-state index in [0.29, 0.717) is 17.6 Å². The second-order valence-corrected chi connectivity index (χ2v) is 8.95. The second-order valence-electron chi connectivity index (χ2n) is 8.95. The van der Waals surface area contributed by atoms with E-state index >= 15 is 4.39 Å². The van der Waals surface area contributed by atoms with Gasteiger partial charge in [-0.15, -0.1) is 0 Å². The number of ether oxygens (including phenoxy) is 1. The van der Waals surface area contributed by atoms with Crippen LogP contribution in [0.15, 0.2) is 97.1 Å². The SMILES string of the molecule is C=C(C)C(=O)OCc1cc(-c2ccc(-c3ccc(-c4ccc(C)cc4)cc3F)cc2)ccc1CCO. The monoisotopic (exact) mass is 480 g/mol. The zero-order chi connectivity index (χ0) is 25.7.